The van der Waals surface area contributed by atoms with Gasteiger partial charge in [0.2, 0.25) is 5.91 Å². The standard InChI is InChI=1S/C32H53N5O7/c1-7-44-32(42)35-28(22(4)5)30(40)36-37(19-24-16-12-9-13-17-24)20-26(38)25(18-23-14-10-8-11-15-23)33-29(39)27(21(2)3)34-31(41)43-6/h8,10-11,14-15,21-22,24-28,38H,7,9,12-13,16-20H2,1-6H3,(H,33,39)(H,34,41)(H,35,42)(H,36,40)/t25-,26+,27?,28?/m0/s1. The number of nitrogens with zero attached hydrogens (tertiary/aromatic N) is 1. The van der Waals surface area contributed by atoms with Gasteiger partial charge in [-0.15, -0.1) is 0 Å². The summed E-state index contributed by atoms with van der Waals surface area (Å²) < 4.78 is 9.70. The lowest BCUT2D eigenvalue weighted by Crippen LogP contribution is -2.60. The molecular formula is C32H53N5O7. The Bertz CT molecular complexity index is 1030. The van der Waals surface area contributed by atoms with Crippen molar-refractivity contribution in [1.82, 2.24) is 26.4 Å². The second kappa shape index (κ2) is 19.1. The van der Waals surface area contributed by atoms with Crippen LogP contribution in [0.2, 0.25) is 0 Å². The lowest BCUT2D eigenvalue weighted by atomic mass is 9.89. The SMILES string of the molecule is CCOC(=O)NC(C(=O)NN(CC1CCCCC1)C[C@@H](O)[C@H](Cc1ccccc1)NC(=O)C(NC(=O)OC)C(C)C)C(C)C. The fourth-order valence-corrected chi connectivity index (χ4v) is 5.40. The molecule has 0 heterocycles. The first-order chi connectivity index (χ1) is 20.9. The third kappa shape index (κ3) is 12.7. The Balaban J connectivity index is 2.30. The highest BCUT2D eigenvalue weighted by Crippen LogP contribution is 2.24. The van der Waals surface area contributed by atoms with E-state index < -0.39 is 48.2 Å². The van der Waals surface area contributed by atoms with E-state index in [0.29, 0.717) is 18.9 Å². The summed E-state index contributed by atoms with van der Waals surface area (Å²) in [4.78, 5) is 51.0. The molecule has 4 atom stereocenters. The van der Waals surface area contributed by atoms with Crippen molar-refractivity contribution >= 4 is 24.0 Å². The largest absolute Gasteiger partial charge is 0.453 e. The summed E-state index contributed by atoms with van der Waals surface area (Å²) in [6, 6.07) is 7.00. The lowest BCUT2D eigenvalue weighted by molar-refractivity contribution is -0.131. The van der Waals surface area contributed by atoms with Gasteiger partial charge in [-0.3, -0.25) is 15.0 Å². The van der Waals surface area contributed by atoms with Gasteiger partial charge in [0.25, 0.3) is 5.91 Å². The Hall–Kier alpha value is -3.38. The summed E-state index contributed by atoms with van der Waals surface area (Å²) in [5, 5.41) is 21.5. The number of carbonyl (C=O) groups is 4. The molecule has 1 fully saturated rings. The highest BCUT2D eigenvalue weighted by molar-refractivity contribution is 5.86. The van der Waals surface area contributed by atoms with E-state index in [0.717, 1.165) is 31.2 Å². The van der Waals surface area contributed by atoms with Crippen molar-refractivity contribution in [1.29, 1.82) is 0 Å². The van der Waals surface area contributed by atoms with Gasteiger partial charge in [0.15, 0.2) is 0 Å². The number of methoxy groups -OCH3 is 1. The Morgan fingerprint density at radius 3 is 2.05 bits per heavy atom. The van der Waals surface area contributed by atoms with Crippen LogP contribution in [0.3, 0.4) is 0 Å². The van der Waals surface area contributed by atoms with E-state index in [2.05, 4.69) is 21.4 Å². The number of hydrogen-bond acceptors (Lipinski definition) is 8. The van der Waals surface area contributed by atoms with Gasteiger partial charge in [-0.1, -0.05) is 77.3 Å². The number of ether oxygens (including phenoxy) is 2. The summed E-state index contributed by atoms with van der Waals surface area (Å²) in [7, 11) is 1.23. The number of hydrogen-bond donors (Lipinski definition) is 5. The predicted molar refractivity (Wildman–Crippen MR) is 167 cm³/mol. The fourth-order valence-electron chi connectivity index (χ4n) is 5.40. The first-order valence-electron chi connectivity index (χ1n) is 15.8. The molecule has 1 aromatic carbocycles. The van der Waals surface area contributed by atoms with Crippen molar-refractivity contribution in [2.75, 3.05) is 26.8 Å². The van der Waals surface area contributed by atoms with Crippen molar-refractivity contribution in [3.8, 4) is 0 Å². The third-order valence-corrected chi connectivity index (χ3v) is 7.88. The van der Waals surface area contributed by atoms with Gasteiger partial charge in [0.1, 0.15) is 12.1 Å². The molecule has 1 aromatic rings. The monoisotopic (exact) mass is 619 g/mol. The van der Waals surface area contributed by atoms with Crippen LogP contribution in [0.1, 0.15) is 72.3 Å². The minimum atomic E-state index is -1.09. The lowest BCUT2D eigenvalue weighted by Gasteiger charge is -2.35. The molecule has 4 amide bonds. The van der Waals surface area contributed by atoms with Crippen molar-refractivity contribution < 1.29 is 33.8 Å². The molecule has 2 rings (SSSR count). The van der Waals surface area contributed by atoms with Crippen LogP contribution in [-0.4, -0.2) is 85.2 Å². The predicted octanol–water partition coefficient (Wildman–Crippen LogP) is 3.14. The van der Waals surface area contributed by atoms with E-state index in [4.69, 9.17) is 9.47 Å². The molecular weight excluding hydrogens is 566 g/mol. The van der Waals surface area contributed by atoms with Crippen LogP contribution in [-0.2, 0) is 25.5 Å². The summed E-state index contributed by atoms with van der Waals surface area (Å²) in [5.41, 5.74) is 3.85. The summed E-state index contributed by atoms with van der Waals surface area (Å²) in [5.74, 6) is -1.01. The van der Waals surface area contributed by atoms with E-state index in [1.165, 1.54) is 13.5 Å². The summed E-state index contributed by atoms with van der Waals surface area (Å²) in [6.45, 7) is 9.68. The molecule has 1 aliphatic rings. The maximum absolute atomic E-state index is 13.5. The van der Waals surface area contributed by atoms with Crippen LogP contribution in [0, 0.1) is 17.8 Å². The third-order valence-electron chi connectivity index (χ3n) is 7.88. The summed E-state index contributed by atoms with van der Waals surface area (Å²) >= 11 is 0. The number of benzene rings is 1. The van der Waals surface area contributed by atoms with Crippen molar-refractivity contribution in [2.45, 2.75) is 97.4 Å². The molecule has 12 heteroatoms. The van der Waals surface area contributed by atoms with Gasteiger partial charge in [0, 0.05) is 13.1 Å². The molecule has 0 aromatic heterocycles. The van der Waals surface area contributed by atoms with E-state index in [9.17, 15) is 24.3 Å². The van der Waals surface area contributed by atoms with Gasteiger partial charge >= 0.3 is 12.2 Å². The normalized spacial score (nSPS) is 16.5. The number of aliphatic hydroxyl groups is 1. The van der Waals surface area contributed by atoms with Gasteiger partial charge in [-0.2, -0.15) is 0 Å². The van der Waals surface area contributed by atoms with E-state index in [1.54, 1.807) is 25.8 Å². The highest BCUT2D eigenvalue weighted by atomic mass is 16.5. The van der Waals surface area contributed by atoms with Crippen molar-refractivity contribution in [3.63, 3.8) is 0 Å². The maximum Gasteiger partial charge on any atom is 0.407 e. The minimum Gasteiger partial charge on any atom is -0.453 e. The van der Waals surface area contributed by atoms with Gasteiger partial charge < -0.3 is 30.5 Å². The van der Waals surface area contributed by atoms with Gasteiger partial charge in [0.05, 0.1) is 25.9 Å². The molecule has 2 unspecified atom stereocenters. The second-order valence-corrected chi connectivity index (χ2v) is 12.2. The van der Waals surface area contributed by atoms with Gasteiger partial charge in [-0.05, 0) is 49.5 Å². The number of carbonyl (C=O) groups excluding carboxylic acids is 4. The Morgan fingerprint density at radius 2 is 1.48 bits per heavy atom. The molecule has 0 spiro atoms. The van der Waals surface area contributed by atoms with Crippen LogP contribution < -0.4 is 21.4 Å². The van der Waals surface area contributed by atoms with Crippen molar-refractivity contribution in [3.05, 3.63) is 35.9 Å². The molecule has 0 aliphatic heterocycles. The molecule has 0 bridgehead atoms. The Morgan fingerprint density at radius 1 is 0.886 bits per heavy atom. The molecule has 12 nitrogen and oxygen atoms in total. The van der Waals surface area contributed by atoms with Crippen LogP contribution in [0.4, 0.5) is 9.59 Å². The second-order valence-electron chi connectivity index (χ2n) is 12.2. The fraction of sp³-hybridized carbons (Fsp3) is 0.688. The summed E-state index contributed by atoms with van der Waals surface area (Å²) in [6.07, 6.45) is 3.22. The quantitative estimate of drug-likeness (QED) is 0.177. The van der Waals surface area contributed by atoms with E-state index >= 15 is 0 Å². The topological polar surface area (TPSA) is 158 Å². The molecule has 5 N–H and O–H groups in total. The molecule has 1 aliphatic carbocycles. The first-order valence-corrected chi connectivity index (χ1v) is 15.8. The smallest absolute Gasteiger partial charge is 0.407 e. The number of hydrazine groups is 1. The van der Waals surface area contributed by atoms with E-state index in [1.807, 2.05) is 44.2 Å². The number of rotatable bonds is 16. The number of nitrogens with one attached hydrogen (secondary N) is 4. The van der Waals surface area contributed by atoms with Crippen LogP contribution in [0.5, 0.6) is 0 Å². The molecule has 44 heavy (non-hydrogen) atoms. The van der Waals surface area contributed by atoms with Crippen LogP contribution >= 0.6 is 0 Å². The number of alkyl carbamates (subject to hydrolysis) is 2. The Kier molecular flexibility index (Phi) is 16.0. The van der Waals surface area contributed by atoms with Gasteiger partial charge in [-0.25, -0.2) is 14.6 Å². The van der Waals surface area contributed by atoms with Crippen LogP contribution in [0.25, 0.3) is 0 Å². The van der Waals surface area contributed by atoms with E-state index in [-0.39, 0.29) is 25.0 Å². The Labute approximate surface area is 262 Å². The first kappa shape index (κ1) is 36.8. The molecule has 0 radical (unpaired) electrons. The molecule has 1 saturated carbocycles. The maximum atomic E-state index is 13.5. The molecule has 248 valence electrons. The zero-order chi connectivity index (χ0) is 32.6. The number of aliphatic hydroxyl groups excluding tert-OH is 1. The number of amides is 4. The molecule has 0 saturated heterocycles. The zero-order valence-electron chi connectivity index (χ0n) is 27.1. The highest BCUT2D eigenvalue weighted by Gasteiger charge is 2.32. The average Bonchev–Trinajstić information content (AvgIpc) is 2.98. The minimum absolute atomic E-state index is 0.0288. The average molecular weight is 620 g/mol. The van der Waals surface area contributed by atoms with Crippen LogP contribution in [0.15, 0.2) is 30.3 Å². The zero-order valence-corrected chi connectivity index (χ0v) is 27.1. The van der Waals surface area contributed by atoms with Crippen molar-refractivity contribution in [2.24, 2.45) is 17.8 Å².